The van der Waals surface area contributed by atoms with Gasteiger partial charge in [0, 0.05) is 11.5 Å². The second kappa shape index (κ2) is 7.28. The molecule has 0 fully saturated rings. The van der Waals surface area contributed by atoms with Gasteiger partial charge in [0.15, 0.2) is 0 Å². The van der Waals surface area contributed by atoms with Gasteiger partial charge in [0.25, 0.3) is 0 Å². The van der Waals surface area contributed by atoms with Crippen LogP contribution in [0.2, 0.25) is 0 Å². The van der Waals surface area contributed by atoms with E-state index in [2.05, 4.69) is 43.1 Å². The van der Waals surface area contributed by atoms with E-state index in [0.717, 1.165) is 12.2 Å². The van der Waals surface area contributed by atoms with Crippen molar-refractivity contribution in [2.45, 2.75) is 58.8 Å². The summed E-state index contributed by atoms with van der Waals surface area (Å²) < 4.78 is 5.68. The van der Waals surface area contributed by atoms with Gasteiger partial charge < -0.3 is 10.2 Å². The van der Waals surface area contributed by atoms with Crippen molar-refractivity contribution in [2.75, 3.05) is 12.0 Å². The molecule has 0 bridgehead atoms. The van der Waals surface area contributed by atoms with E-state index in [-0.39, 0.29) is 5.41 Å². The molecule has 1 aromatic heterocycles. The van der Waals surface area contributed by atoms with E-state index in [1.165, 1.54) is 19.3 Å². The standard InChI is InChI=1S/C14H26N4O/c1-5-6-7-8-9-19-12-10-11(18-15)16-13(17-12)14(2,3)4/h10H,5-9,15H2,1-4H3,(H,16,17,18). The monoisotopic (exact) mass is 266 g/mol. The third-order valence-electron chi connectivity index (χ3n) is 2.77. The van der Waals surface area contributed by atoms with Crippen LogP contribution in [0, 0.1) is 0 Å². The van der Waals surface area contributed by atoms with Crippen LogP contribution in [0.15, 0.2) is 6.07 Å². The molecule has 0 saturated heterocycles. The van der Waals surface area contributed by atoms with E-state index >= 15 is 0 Å². The van der Waals surface area contributed by atoms with Gasteiger partial charge in [0.05, 0.1) is 6.61 Å². The zero-order valence-electron chi connectivity index (χ0n) is 12.5. The number of hydrazine groups is 1. The number of hydrogen-bond acceptors (Lipinski definition) is 5. The summed E-state index contributed by atoms with van der Waals surface area (Å²) in [5, 5.41) is 0. The Bertz CT molecular complexity index is 388. The Morgan fingerprint density at radius 2 is 1.95 bits per heavy atom. The smallest absolute Gasteiger partial charge is 0.218 e. The highest BCUT2D eigenvalue weighted by Crippen LogP contribution is 2.23. The Balaban J connectivity index is 2.67. The molecule has 0 spiro atoms. The van der Waals surface area contributed by atoms with Gasteiger partial charge in [0.1, 0.15) is 11.6 Å². The summed E-state index contributed by atoms with van der Waals surface area (Å²) in [6.07, 6.45) is 4.71. The molecule has 108 valence electrons. The Hall–Kier alpha value is -1.36. The highest BCUT2D eigenvalue weighted by Gasteiger charge is 2.19. The number of nitrogen functional groups attached to an aromatic ring is 1. The first-order chi connectivity index (χ1) is 8.97. The lowest BCUT2D eigenvalue weighted by Crippen LogP contribution is -2.19. The van der Waals surface area contributed by atoms with Crippen LogP contribution in [0.25, 0.3) is 0 Å². The fourth-order valence-electron chi connectivity index (χ4n) is 1.61. The Labute approximate surface area is 115 Å². The number of ether oxygens (including phenoxy) is 1. The van der Waals surface area contributed by atoms with Gasteiger partial charge in [-0.05, 0) is 6.42 Å². The first-order valence-corrected chi connectivity index (χ1v) is 6.96. The van der Waals surface area contributed by atoms with Crippen molar-refractivity contribution < 1.29 is 4.74 Å². The van der Waals surface area contributed by atoms with E-state index in [1.54, 1.807) is 6.07 Å². The molecule has 5 heteroatoms. The van der Waals surface area contributed by atoms with E-state index < -0.39 is 0 Å². The van der Waals surface area contributed by atoms with E-state index in [0.29, 0.717) is 18.3 Å². The maximum Gasteiger partial charge on any atom is 0.218 e. The lowest BCUT2D eigenvalue weighted by atomic mass is 9.96. The summed E-state index contributed by atoms with van der Waals surface area (Å²) in [6.45, 7) is 9.07. The number of anilines is 1. The third-order valence-corrected chi connectivity index (χ3v) is 2.77. The van der Waals surface area contributed by atoms with Gasteiger partial charge in [-0.25, -0.2) is 10.8 Å². The maximum absolute atomic E-state index is 5.68. The molecule has 0 aliphatic heterocycles. The van der Waals surface area contributed by atoms with Gasteiger partial charge in [-0.15, -0.1) is 0 Å². The summed E-state index contributed by atoms with van der Waals surface area (Å²) in [5.74, 6) is 7.33. The highest BCUT2D eigenvalue weighted by atomic mass is 16.5. The van der Waals surface area contributed by atoms with Crippen molar-refractivity contribution in [3.8, 4) is 5.88 Å². The van der Waals surface area contributed by atoms with Crippen LogP contribution >= 0.6 is 0 Å². The SMILES string of the molecule is CCCCCCOc1cc(NN)nc(C(C)(C)C)n1. The number of hydrogen-bond donors (Lipinski definition) is 2. The summed E-state index contributed by atoms with van der Waals surface area (Å²) >= 11 is 0. The summed E-state index contributed by atoms with van der Waals surface area (Å²) in [5.41, 5.74) is 2.43. The molecule has 19 heavy (non-hydrogen) atoms. The zero-order valence-corrected chi connectivity index (χ0v) is 12.5. The number of nitrogens with zero attached hydrogens (tertiary/aromatic N) is 2. The lowest BCUT2D eigenvalue weighted by Gasteiger charge is -2.18. The van der Waals surface area contributed by atoms with Gasteiger partial charge in [-0.1, -0.05) is 47.0 Å². The zero-order chi connectivity index (χ0) is 14.3. The number of rotatable bonds is 7. The molecule has 0 radical (unpaired) electrons. The highest BCUT2D eigenvalue weighted by molar-refractivity contribution is 5.37. The molecule has 0 saturated carbocycles. The van der Waals surface area contributed by atoms with E-state index in [4.69, 9.17) is 10.6 Å². The third kappa shape index (κ3) is 5.42. The molecular formula is C14H26N4O. The minimum atomic E-state index is -0.132. The Morgan fingerprint density at radius 3 is 2.53 bits per heavy atom. The normalized spacial score (nSPS) is 11.4. The molecule has 0 aliphatic rings. The predicted molar refractivity (Wildman–Crippen MR) is 78.2 cm³/mol. The quantitative estimate of drug-likeness (QED) is 0.451. The topological polar surface area (TPSA) is 73.1 Å². The second-order valence-electron chi connectivity index (χ2n) is 5.72. The molecule has 1 heterocycles. The first kappa shape index (κ1) is 15.7. The average Bonchev–Trinajstić information content (AvgIpc) is 2.37. The van der Waals surface area contributed by atoms with Gasteiger partial charge >= 0.3 is 0 Å². The predicted octanol–water partition coefficient (Wildman–Crippen LogP) is 3.02. The molecule has 0 unspecified atom stereocenters. The van der Waals surface area contributed by atoms with Crippen LogP contribution < -0.4 is 16.0 Å². The molecule has 0 amide bonds. The van der Waals surface area contributed by atoms with Crippen LogP contribution in [0.3, 0.4) is 0 Å². The molecule has 1 aromatic rings. The lowest BCUT2D eigenvalue weighted by molar-refractivity contribution is 0.290. The van der Waals surface area contributed by atoms with Gasteiger partial charge in [-0.2, -0.15) is 4.98 Å². The van der Waals surface area contributed by atoms with E-state index in [1.807, 2.05) is 0 Å². The number of unbranched alkanes of at least 4 members (excludes halogenated alkanes) is 3. The Morgan fingerprint density at radius 1 is 1.21 bits per heavy atom. The molecule has 3 N–H and O–H groups in total. The molecular weight excluding hydrogens is 240 g/mol. The van der Waals surface area contributed by atoms with Crippen LogP contribution in [0.5, 0.6) is 5.88 Å². The maximum atomic E-state index is 5.68. The largest absolute Gasteiger partial charge is 0.478 e. The summed E-state index contributed by atoms with van der Waals surface area (Å²) in [7, 11) is 0. The van der Waals surface area contributed by atoms with Crippen molar-refractivity contribution in [1.82, 2.24) is 9.97 Å². The van der Waals surface area contributed by atoms with Crippen LogP contribution in [-0.2, 0) is 5.41 Å². The van der Waals surface area contributed by atoms with Gasteiger partial charge in [0.2, 0.25) is 5.88 Å². The van der Waals surface area contributed by atoms with Crippen LogP contribution in [0.4, 0.5) is 5.82 Å². The number of aromatic nitrogens is 2. The van der Waals surface area contributed by atoms with Crippen molar-refractivity contribution >= 4 is 5.82 Å². The van der Waals surface area contributed by atoms with Crippen molar-refractivity contribution in [1.29, 1.82) is 0 Å². The molecule has 0 aliphatic carbocycles. The molecule has 0 atom stereocenters. The second-order valence-corrected chi connectivity index (χ2v) is 5.72. The van der Waals surface area contributed by atoms with Gasteiger partial charge in [-0.3, -0.25) is 0 Å². The molecule has 5 nitrogen and oxygen atoms in total. The van der Waals surface area contributed by atoms with E-state index in [9.17, 15) is 0 Å². The summed E-state index contributed by atoms with van der Waals surface area (Å²) in [6, 6.07) is 1.73. The number of nitrogens with two attached hydrogens (primary N) is 1. The molecule has 0 aromatic carbocycles. The molecule has 1 rings (SSSR count). The fourth-order valence-corrected chi connectivity index (χ4v) is 1.61. The van der Waals surface area contributed by atoms with Crippen molar-refractivity contribution in [3.05, 3.63) is 11.9 Å². The van der Waals surface area contributed by atoms with Crippen molar-refractivity contribution in [3.63, 3.8) is 0 Å². The van der Waals surface area contributed by atoms with Crippen LogP contribution in [0.1, 0.15) is 59.2 Å². The van der Waals surface area contributed by atoms with Crippen molar-refractivity contribution in [2.24, 2.45) is 5.84 Å². The van der Waals surface area contributed by atoms with Crippen LogP contribution in [-0.4, -0.2) is 16.6 Å². The summed E-state index contributed by atoms with van der Waals surface area (Å²) in [4.78, 5) is 8.80. The minimum absolute atomic E-state index is 0.132. The minimum Gasteiger partial charge on any atom is -0.478 e. The number of nitrogens with one attached hydrogen (secondary N) is 1. The first-order valence-electron chi connectivity index (χ1n) is 6.96. The Kier molecular flexibility index (Phi) is 6.02. The fraction of sp³-hybridized carbons (Fsp3) is 0.714. The average molecular weight is 266 g/mol.